The average Bonchev–Trinajstić information content (AvgIpc) is 2.48. The van der Waals surface area contributed by atoms with Crippen LogP contribution in [-0.4, -0.2) is 53.5 Å². The van der Waals surface area contributed by atoms with E-state index in [0.717, 1.165) is 0 Å². The Labute approximate surface area is 118 Å². The fourth-order valence-corrected chi connectivity index (χ4v) is 1.66. The number of aromatic nitrogens is 2. The topological polar surface area (TPSA) is 84.4 Å². The van der Waals surface area contributed by atoms with Crippen molar-refractivity contribution in [1.29, 1.82) is 0 Å². The first kappa shape index (κ1) is 15.9. The number of nitrogens with one attached hydrogen (secondary N) is 1. The van der Waals surface area contributed by atoms with E-state index in [2.05, 4.69) is 20.0 Å². The van der Waals surface area contributed by atoms with E-state index in [1.807, 2.05) is 13.8 Å². The van der Waals surface area contributed by atoms with Crippen LogP contribution in [0.3, 0.4) is 0 Å². The molecule has 0 saturated heterocycles. The maximum Gasteiger partial charge on any atom is 0.358 e. The molecule has 0 aliphatic rings. The second-order valence-electron chi connectivity index (χ2n) is 4.02. The summed E-state index contributed by atoms with van der Waals surface area (Å²) in [5, 5.41) is 2.99. The molecule has 1 N–H and O–H groups in total. The van der Waals surface area contributed by atoms with Gasteiger partial charge in [0.05, 0.1) is 19.5 Å². The van der Waals surface area contributed by atoms with Gasteiger partial charge in [-0.1, -0.05) is 0 Å². The Balaban J connectivity index is 2.43. The second-order valence-corrected chi connectivity index (χ2v) is 4.02. The van der Waals surface area contributed by atoms with Gasteiger partial charge in [-0.05, 0) is 13.8 Å². The van der Waals surface area contributed by atoms with E-state index in [4.69, 9.17) is 0 Å². The molecular weight excluding hydrogens is 260 g/mol. The number of anilines is 1. The highest BCUT2D eigenvalue weighted by molar-refractivity contribution is 5.86. The van der Waals surface area contributed by atoms with E-state index < -0.39 is 5.97 Å². The lowest BCUT2D eigenvalue weighted by Crippen LogP contribution is -2.31. The van der Waals surface area contributed by atoms with Gasteiger partial charge in [-0.2, -0.15) is 0 Å². The number of nitrogens with zero attached hydrogens (tertiary/aromatic N) is 3. The Bertz CT molecular complexity index is 443. The van der Waals surface area contributed by atoms with Gasteiger partial charge in [0.2, 0.25) is 5.91 Å². The second kappa shape index (κ2) is 8.08. The monoisotopic (exact) mass is 280 g/mol. The largest absolute Gasteiger partial charge is 0.464 e. The SMILES string of the molecule is CCN(CC)C(=O)CCNc1cnc(C(=O)OC)cn1. The summed E-state index contributed by atoms with van der Waals surface area (Å²) >= 11 is 0. The first-order valence-corrected chi connectivity index (χ1v) is 6.54. The number of rotatable bonds is 7. The lowest BCUT2D eigenvalue weighted by atomic mass is 10.3. The summed E-state index contributed by atoms with van der Waals surface area (Å²) in [5.41, 5.74) is 0.150. The molecule has 7 nitrogen and oxygen atoms in total. The average molecular weight is 280 g/mol. The zero-order valence-electron chi connectivity index (χ0n) is 12.0. The minimum Gasteiger partial charge on any atom is -0.464 e. The number of hydrogen-bond donors (Lipinski definition) is 1. The van der Waals surface area contributed by atoms with Crippen LogP contribution < -0.4 is 5.32 Å². The summed E-state index contributed by atoms with van der Waals surface area (Å²) < 4.78 is 4.53. The molecule has 1 heterocycles. The van der Waals surface area contributed by atoms with Crippen LogP contribution in [0.25, 0.3) is 0 Å². The third-order valence-corrected chi connectivity index (χ3v) is 2.81. The van der Waals surface area contributed by atoms with Crippen LogP contribution in [0.4, 0.5) is 5.82 Å². The number of amides is 1. The van der Waals surface area contributed by atoms with E-state index in [1.165, 1.54) is 19.5 Å². The summed E-state index contributed by atoms with van der Waals surface area (Å²) in [7, 11) is 1.29. The number of carbonyl (C=O) groups excluding carboxylic acids is 2. The molecule has 0 bridgehead atoms. The maximum absolute atomic E-state index is 11.8. The molecule has 0 radical (unpaired) electrons. The van der Waals surface area contributed by atoms with Crippen LogP contribution in [0.1, 0.15) is 30.8 Å². The number of esters is 1. The van der Waals surface area contributed by atoms with Crippen molar-refractivity contribution in [2.45, 2.75) is 20.3 Å². The van der Waals surface area contributed by atoms with E-state index in [-0.39, 0.29) is 11.6 Å². The Morgan fingerprint density at radius 3 is 2.45 bits per heavy atom. The van der Waals surface area contributed by atoms with Crippen molar-refractivity contribution in [3.63, 3.8) is 0 Å². The van der Waals surface area contributed by atoms with Crippen LogP contribution in [0.15, 0.2) is 12.4 Å². The smallest absolute Gasteiger partial charge is 0.358 e. The van der Waals surface area contributed by atoms with Gasteiger partial charge >= 0.3 is 5.97 Å². The van der Waals surface area contributed by atoms with Crippen LogP contribution in [0.2, 0.25) is 0 Å². The number of carbonyl (C=O) groups is 2. The van der Waals surface area contributed by atoms with E-state index >= 15 is 0 Å². The Kier molecular flexibility index (Phi) is 6.42. The third-order valence-electron chi connectivity index (χ3n) is 2.81. The maximum atomic E-state index is 11.8. The number of methoxy groups -OCH3 is 1. The van der Waals surface area contributed by atoms with Gasteiger partial charge in [0.15, 0.2) is 5.69 Å². The number of ether oxygens (including phenoxy) is 1. The Morgan fingerprint density at radius 1 is 1.25 bits per heavy atom. The van der Waals surface area contributed by atoms with E-state index in [0.29, 0.717) is 31.9 Å². The molecule has 0 saturated carbocycles. The highest BCUT2D eigenvalue weighted by Crippen LogP contribution is 2.03. The van der Waals surface area contributed by atoms with Crippen molar-refractivity contribution in [3.05, 3.63) is 18.1 Å². The summed E-state index contributed by atoms with van der Waals surface area (Å²) in [6.07, 6.45) is 3.16. The van der Waals surface area contributed by atoms with E-state index in [1.54, 1.807) is 4.90 Å². The third kappa shape index (κ3) is 4.49. The van der Waals surface area contributed by atoms with Gasteiger partial charge < -0.3 is 15.0 Å². The van der Waals surface area contributed by atoms with Gasteiger partial charge in [0.1, 0.15) is 5.82 Å². The molecule has 0 unspecified atom stereocenters. The fourth-order valence-electron chi connectivity index (χ4n) is 1.66. The molecule has 0 fully saturated rings. The molecule has 0 atom stereocenters. The molecule has 0 spiro atoms. The molecule has 1 rings (SSSR count). The molecule has 1 aromatic rings. The van der Waals surface area contributed by atoms with Crippen LogP contribution >= 0.6 is 0 Å². The van der Waals surface area contributed by atoms with Gasteiger partial charge in [-0.15, -0.1) is 0 Å². The summed E-state index contributed by atoms with van der Waals surface area (Å²) in [6.45, 7) is 5.80. The lowest BCUT2D eigenvalue weighted by Gasteiger charge is -2.18. The number of hydrogen-bond acceptors (Lipinski definition) is 6. The van der Waals surface area contributed by atoms with Gasteiger partial charge in [0, 0.05) is 26.1 Å². The first-order chi connectivity index (χ1) is 9.62. The van der Waals surface area contributed by atoms with Crippen LogP contribution in [0, 0.1) is 0 Å². The lowest BCUT2D eigenvalue weighted by molar-refractivity contribution is -0.130. The minimum atomic E-state index is -0.527. The molecule has 0 aromatic carbocycles. The molecule has 1 aromatic heterocycles. The first-order valence-electron chi connectivity index (χ1n) is 6.54. The molecule has 1 amide bonds. The van der Waals surface area contributed by atoms with Crippen molar-refractivity contribution >= 4 is 17.7 Å². The molecule has 0 aliphatic carbocycles. The molecule has 20 heavy (non-hydrogen) atoms. The standard InChI is InChI=1S/C13H20N4O3/c1-4-17(5-2)12(18)6-7-14-11-9-15-10(8-16-11)13(19)20-3/h8-9H,4-7H2,1-3H3,(H,14,16). The zero-order chi connectivity index (χ0) is 15.0. The Hall–Kier alpha value is -2.18. The molecular formula is C13H20N4O3. The van der Waals surface area contributed by atoms with Crippen molar-refractivity contribution < 1.29 is 14.3 Å². The predicted octanol–water partition coefficient (Wildman–Crippen LogP) is 0.934. The van der Waals surface area contributed by atoms with Gasteiger partial charge in [0.25, 0.3) is 0 Å². The van der Waals surface area contributed by atoms with Gasteiger partial charge in [-0.3, -0.25) is 4.79 Å². The summed E-state index contributed by atoms with van der Waals surface area (Å²) in [4.78, 5) is 32.7. The van der Waals surface area contributed by atoms with Crippen molar-refractivity contribution in [3.8, 4) is 0 Å². The highest BCUT2D eigenvalue weighted by Gasteiger charge is 2.10. The zero-order valence-corrected chi connectivity index (χ0v) is 12.0. The van der Waals surface area contributed by atoms with Crippen LogP contribution in [0.5, 0.6) is 0 Å². The summed E-state index contributed by atoms with van der Waals surface area (Å²) in [6, 6.07) is 0. The van der Waals surface area contributed by atoms with Crippen molar-refractivity contribution in [1.82, 2.24) is 14.9 Å². The van der Waals surface area contributed by atoms with E-state index in [9.17, 15) is 9.59 Å². The van der Waals surface area contributed by atoms with Crippen molar-refractivity contribution in [2.24, 2.45) is 0 Å². The van der Waals surface area contributed by atoms with Gasteiger partial charge in [-0.25, -0.2) is 14.8 Å². The minimum absolute atomic E-state index is 0.0987. The fraction of sp³-hybridized carbons (Fsp3) is 0.538. The normalized spacial score (nSPS) is 9.95. The quantitative estimate of drug-likeness (QED) is 0.748. The molecule has 0 aliphatic heterocycles. The Morgan fingerprint density at radius 2 is 1.95 bits per heavy atom. The van der Waals surface area contributed by atoms with Crippen molar-refractivity contribution in [2.75, 3.05) is 32.1 Å². The predicted molar refractivity (Wildman–Crippen MR) is 74.4 cm³/mol. The molecule has 110 valence electrons. The van der Waals surface area contributed by atoms with Crippen LogP contribution in [-0.2, 0) is 9.53 Å². The highest BCUT2D eigenvalue weighted by atomic mass is 16.5. The summed E-state index contributed by atoms with van der Waals surface area (Å²) in [5.74, 6) is 0.0902. The molecule has 7 heteroatoms.